The average Bonchev–Trinajstić information content (AvgIpc) is 2.24. The minimum absolute atomic E-state index is 0.00127. The zero-order valence-corrected chi connectivity index (χ0v) is 12.9. The van der Waals surface area contributed by atoms with Crippen LogP contribution in [0.5, 0.6) is 0 Å². The third kappa shape index (κ3) is 4.49. The van der Waals surface area contributed by atoms with Crippen LogP contribution in [0.25, 0.3) is 0 Å². The van der Waals surface area contributed by atoms with Crippen molar-refractivity contribution in [2.45, 2.75) is 58.7 Å². The van der Waals surface area contributed by atoms with Crippen molar-refractivity contribution in [2.75, 3.05) is 19.6 Å². The largest absolute Gasteiger partial charge is 0.444 e. The van der Waals surface area contributed by atoms with E-state index in [1.807, 2.05) is 20.8 Å². The monoisotopic (exact) mass is 270 g/mol. The number of ether oxygens (including phenoxy) is 1. The molecule has 1 aliphatic heterocycles. The van der Waals surface area contributed by atoms with Gasteiger partial charge in [0.15, 0.2) is 0 Å². The zero-order chi connectivity index (χ0) is 14.8. The molecule has 1 heterocycles. The van der Waals surface area contributed by atoms with Gasteiger partial charge in [0, 0.05) is 25.2 Å². The molecule has 19 heavy (non-hydrogen) atoms. The molecule has 110 valence electrons. The topological polar surface area (TPSA) is 49.9 Å². The molecule has 1 aliphatic rings. The maximum absolute atomic E-state index is 12.1. The molecule has 0 aromatic rings. The fourth-order valence-electron chi connectivity index (χ4n) is 2.08. The number of aldehydes is 1. The van der Waals surface area contributed by atoms with Gasteiger partial charge in [-0.15, -0.1) is 0 Å². The minimum Gasteiger partial charge on any atom is -0.444 e. The first-order valence-corrected chi connectivity index (χ1v) is 6.74. The van der Waals surface area contributed by atoms with Gasteiger partial charge >= 0.3 is 6.09 Å². The molecule has 1 fully saturated rings. The lowest BCUT2D eigenvalue weighted by Gasteiger charge is -2.45. The van der Waals surface area contributed by atoms with Crippen LogP contribution in [0.1, 0.15) is 41.5 Å². The Bertz CT molecular complexity index is 342. The molecule has 5 nitrogen and oxygen atoms in total. The summed E-state index contributed by atoms with van der Waals surface area (Å²) in [6.45, 7) is 13.6. The maximum atomic E-state index is 12.1. The molecule has 0 aromatic heterocycles. The second kappa shape index (κ2) is 5.49. The third-order valence-corrected chi connectivity index (χ3v) is 3.15. The lowest BCUT2D eigenvalue weighted by Crippen LogP contribution is -2.60. The Balaban J connectivity index is 2.73. The molecule has 5 heteroatoms. The van der Waals surface area contributed by atoms with Gasteiger partial charge in [-0.2, -0.15) is 0 Å². The Morgan fingerprint density at radius 3 is 2.16 bits per heavy atom. The summed E-state index contributed by atoms with van der Waals surface area (Å²) >= 11 is 0. The van der Waals surface area contributed by atoms with E-state index in [-0.39, 0.29) is 5.54 Å². The summed E-state index contributed by atoms with van der Waals surface area (Å²) in [6, 6.07) is -0.428. The van der Waals surface area contributed by atoms with Crippen LogP contribution in [-0.4, -0.2) is 59.0 Å². The Kier molecular flexibility index (Phi) is 4.61. The van der Waals surface area contributed by atoms with E-state index >= 15 is 0 Å². The molecule has 1 rings (SSSR count). The molecule has 1 atom stereocenters. The highest BCUT2D eigenvalue weighted by Gasteiger charge is 2.36. The van der Waals surface area contributed by atoms with Crippen LogP contribution in [0.3, 0.4) is 0 Å². The summed E-state index contributed by atoms with van der Waals surface area (Å²) in [5.74, 6) is 0. The summed E-state index contributed by atoms with van der Waals surface area (Å²) in [5, 5.41) is 0. The number of nitrogens with zero attached hydrogens (tertiary/aromatic N) is 2. The standard InChI is InChI=1S/C14H26N2O3/c1-13(2,3)15-7-8-16(11(9-15)10-17)12(18)19-14(4,5)6/h10-11H,7-9H2,1-6H3/t11-/m1/s1. The number of amides is 1. The van der Waals surface area contributed by atoms with Crippen LogP contribution in [0.4, 0.5) is 4.79 Å². The van der Waals surface area contributed by atoms with E-state index in [4.69, 9.17) is 4.74 Å². The van der Waals surface area contributed by atoms with Gasteiger partial charge in [0.25, 0.3) is 0 Å². The highest BCUT2D eigenvalue weighted by Crippen LogP contribution is 2.20. The van der Waals surface area contributed by atoms with Gasteiger partial charge < -0.3 is 9.53 Å². The summed E-state index contributed by atoms with van der Waals surface area (Å²) in [5.41, 5.74) is -0.535. The zero-order valence-electron chi connectivity index (χ0n) is 12.9. The Hall–Kier alpha value is -1.10. The van der Waals surface area contributed by atoms with Gasteiger partial charge in [0.1, 0.15) is 17.9 Å². The highest BCUT2D eigenvalue weighted by atomic mass is 16.6. The number of hydrogen-bond donors (Lipinski definition) is 0. The average molecular weight is 270 g/mol. The van der Waals surface area contributed by atoms with Crippen LogP contribution in [0.2, 0.25) is 0 Å². The third-order valence-electron chi connectivity index (χ3n) is 3.15. The van der Waals surface area contributed by atoms with E-state index in [2.05, 4.69) is 25.7 Å². The number of piperazine rings is 1. The van der Waals surface area contributed by atoms with Crippen molar-refractivity contribution in [1.82, 2.24) is 9.80 Å². The quantitative estimate of drug-likeness (QED) is 0.683. The molecule has 0 aliphatic carbocycles. The highest BCUT2D eigenvalue weighted by molar-refractivity contribution is 5.74. The SMILES string of the molecule is CC(C)(C)OC(=O)N1CCN(C(C)(C)C)C[C@@H]1C=O. The maximum Gasteiger partial charge on any atom is 0.410 e. The molecule has 0 bridgehead atoms. The molecular formula is C14H26N2O3. The van der Waals surface area contributed by atoms with Crippen LogP contribution in [0.15, 0.2) is 0 Å². The van der Waals surface area contributed by atoms with Gasteiger partial charge in [-0.05, 0) is 41.5 Å². The Morgan fingerprint density at radius 2 is 1.74 bits per heavy atom. The normalized spacial score (nSPS) is 22.2. The van der Waals surface area contributed by atoms with Crippen molar-refractivity contribution in [2.24, 2.45) is 0 Å². The molecule has 0 spiro atoms. The molecule has 0 radical (unpaired) electrons. The van der Waals surface area contributed by atoms with Gasteiger partial charge in [0.2, 0.25) is 0 Å². The van der Waals surface area contributed by atoms with Gasteiger partial charge in [0.05, 0.1) is 0 Å². The van der Waals surface area contributed by atoms with Crippen molar-refractivity contribution < 1.29 is 14.3 Å². The first-order chi connectivity index (χ1) is 8.54. The van der Waals surface area contributed by atoms with Crippen molar-refractivity contribution in [3.05, 3.63) is 0 Å². The van der Waals surface area contributed by atoms with E-state index in [9.17, 15) is 9.59 Å². The molecule has 0 saturated carbocycles. The molecule has 0 N–H and O–H groups in total. The van der Waals surface area contributed by atoms with Gasteiger partial charge in [-0.1, -0.05) is 0 Å². The first-order valence-electron chi connectivity index (χ1n) is 6.74. The van der Waals surface area contributed by atoms with Crippen LogP contribution < -0.4 is 0 Å². The minimum atomic E-state index is -0.536. The summed E-state index contributed by atoms with van der Waals surface area (Å²) in [6.07, 6.45) is 0.431. The second-order valence-electron chi connectivity index (χ2n) is 6.99. The van der Waals surface area contributed by atoms with Gasteiger partial charge in [-0.25, -0.2) is 4.79 Å². The van der Waals surface area contributed by atoms with E-state index in [1.165, 1.54) is 4.90 Å². The van der Waals surface area contributed by atoms with Crippen molar-refractivity contribution >= 4 is 12.4 Å². The van der Waals surface area contributed by atoms with Gasteiger partial charge in [-0.3, -0.25) is 9.80 Å². The van der Waals surface area contributed by atoms with E-state index in [0.717, 1.165) is 12.8 Å². The molecular weight excluding hydrogens is 244 g/mol. The van der Waals surface area contributed by atoms with Crippen molar-refractivity contribution in [3.8, 4) is 0 Å². The fraction of sp³-hybridized carbons (Fsp3) is 0.857. The lowest BCUT2D eigenvalue weighted by molar-refractivity contribution is -0.115. The molecule has 1 amide bonds. The first kappa shape index (κ1) is 16.0. The summed E-state index contributed by atoms with van der Waals surface area (Å²) in [4.78, 5) is 27.0. The predicted molar refractivity (Wildman–Crippen MR) is 74.1 cm³/mol. The van der Waals surface area contributed by atoms with E-state index < -0.39 is 17.7 Å². The van der Waals surface area contributed by atoms with Crippen LogP contribution >= 0.6 is 0 Å². The molecule has 0 aromatic carbocycles. The number of carbonyl (C=O) groups excluding carboxylic acids is 2. The molecule has 0 unspecified atom stereocenters. The van der Waals surface area contributed by atoms with Crippen molar-refractivity contribution in [1.29, 1.82) is 0 Å². The Morgan fingerprint density at radius 1 is 1.16 bits per heavy atom. The van der Waals surface area contributed by atoms with Crippen LogP contribution in [-0.2, 0) is 9.53 Å². The van der Waals surface area contributed by atoms with Crippen LogP contribution in [0, 0.1) is 0 Å². The lowest BCUT2D eigenvalue weighted by atomic mass is 10.0. The fourth-order valence-corrected chi connectivity index (χ4v) is 2.08. The smallest absolute Gasteiger partial charge is 0.410 e. The predicted octanol–water partition coefficient (Wildman–Crippen LogP) is 1.91. The number of rotatable bonds is 1. The van der Waals surface area contributed by atoms with E-state index in [0.29, 0.717) is 13.1 Å². The Labute approximate surface area is 115 Å². The summed E-state index contributed by atoms with van der Waals surface area (Å²) in [7, 11) is 0. The number of hydrogen-bond acceptors (Lipinski definition) is 4. The number of carbonyl (C=O) groups is 2. The summed E-state index contributed by atoms with van der Waals surface area (Å²) < 4.78 is 5.34. The van der Waals surface area contributed by atoms with Crippen molar-refractivity contribution in [3.63, 3.8) is 0 Å². The van der Waals surface area contributed by atoms with E-state index in [1.54, 1.807) is 0 Å². The molecule has 1 saturated heterocycles. The second-order valence-corrected chi connectivity index (χ2v) is 6.99.